The maximum Gasteiger partial charge on any atom is 0.231 e. The number of carbonyl (C=O) groups excluding carboxylic acids is 1. The summed E-state index contributed by atoms with van der Waals surface area (Å²) in [5.41, 5.74) is 11.6. The molecule has 0 spiro atoms. The van der Waals surface area contributed by atoms with Crippen LogP contribution in [0.15, 0.2) is 84.4 Å². The number of hydrogen-bond acceptors (Lipinski definition) is 5. The number of aromatic amines is 1. The zero-order valence-electron chi connectivity index (χ0n) is 18.9. The molecule has 6 nitrogen and oxygen atoms in total. The van der Waals surface area contributed by atoms with Crippen LogP contribution in [0.2, 0.25) is 0 Å². The highest BCUT2D eigenvalue weighted by atomic mass is 32.2. The third-order valence-electron chi connectivity index (χ3n) is 6.15. The molecule has 4 aromatic rings. The van der Waals surface area contributed by atoms with E-state index in [9.17, 15) is 4.79 Å². The fraction of sp³-hybridized carbons (Fsp3) is 0.185. The number of nitrogens with one attached hydrogen (secondary N) is 2. The van der Waals surface area contributed by atoms with Crippen LogP contribution in [-0.4, -0.2) is 34.6 Å². The van der Waals surface area contributed by atoms with E-state index in [4.69, 9.17) is 5.73 Å². The summed E-state index contributed by atoms with van der Waals surface area (Å²) in [6.45, 7) is 0.444. The number of aromatic nitrogens is 2. The summed E-state index contributed by atoms with van der Waals surface area (Å²) in [4.78, 5) is 15.3. The van der Waals surface area contributed by atoms with Gasteiger partial charge in [-0.1, -0.05) is 54.6 Å². The van der Waals surface area contributed by atoms with Gasteiger partial charge in [0.05, 0.1) is 17.1 Å². The summed E-state index contributed by atoms with van der Waals surface area (Å²) in [5.74, 6) is -0.350. The van der Waals surface area contributed by atoms with Gasteiger partial charge in [-0.05, 0) is 47.7 Å². The Kier molecular flexibility index (Phi) is 6.38. The second-order valence-electron chi connectivity index (χ2n) is 8.42. The van der Waals surface area contributed by atoms with Gasteiger partial charge in [0.2, 0.25) is 5.91 Å². The minimum absolute atomic E-state index is 0.0582. The second-order valence-corrected chi connectivity index (χ2v) is 9.41. The minimum Gasteiger partial charge on any atom is -0.364 e. The summed E-state index contributed by atoms with van der Waals surface area (Å²) in [5, 5.41) is 14.1. The SMILES string of the molecule is CN1C=CSC1c1ccc(-c2n[nH]c3ccc(NC(=O)C(CCN)c4ccccc4)cc23)cc1. The summed E-state index contributed by atoms with van der Waals surface area (Å²) in [6, 6.07) is 24.1. The fourth-order valence-electron chi connectivity index (χ4n) is 4.34. The van der Waals surface area contributed by atoms with Crippen molar-refractivity contribution in [2.75, 3.05) is 18.9 Å². The first kappa shape index (κ1) is 22.3. The van der Waals surface area contributed by atoms with Crippen LogP contribution in [0, 0.1) is 0 Å². The van der Waals surface area contributed by atoms with Gasteiger partial charge in [0.1, 0.15) is 5.37 Å². The van der Waals surface area contributed by atoms with E-state index < -0.39 is 0 Å². The van der Waals surface area contributed by atoms with Gasteiger partial charge in [-0.25, -0.2) is 0 Å². The average molecular weight is 470 g/mol. The quantitative estimate of drug-likeness (QED) is 0.335. The molecule has 0 bridgehead atoms. The Bertz CT molecular complexity index is 1320. The highest BCUT2D eigenvalue weighted by Gasteiger charge is 2.21. The van der Waals surface area contributed by atoms with Crippen LogP contribution in [0.5, 0.6) is 0 Å². The molecule has 2 heterocycles. The molecule has 34 heavy (non-hydrogen) atoms. The third-order valence-corrected chi connectivity index (χ3v) is 7.29. The molecular formula is C27H27N5OS. The van der Waals surface area contributed by atoms with Gasteiger partial charge in [-0.3, -0.25) is 9.89 Å². The van der Waals surface area contributed by atoms with Crippen LogP contribution < -0.4 is 11.1 Å². The molecule has 2 atom stereocenters. The fourth-order valence-corrected chi connectivity index (χ4v) is 5.33. The lowest BCUT2D eigenvalue weighted by atomic mass is 9.94. The van der Waals surface area contributed by atoms with Gasteiger partial charge in [0.15, 0.2) is 0 Å². The summed E-state index contributed by atoms with van der Waals surface area (Å²) < 4.78 is 0. The number of benzene rings is 3. The number of fused-ring (bicyclic) bond motifs is 1. The topological polar surface area (TPSA) is 87.0 Å². The number of nitrogens with zero attached hydrogens (tertiary/aromatic N) is 2. The molecular weight excluding hydrogens is 442 g/mol. The molecule has 1 aliphatic rings. The second kappa shape index (κ2) is 9.75. The zero-order valence-corrected chi connectivity index (χ0v) is 19.8. The van der Waals surface area contributed by atoms with Crippen molar-refractivity contribution in [2.45, 2.75) is 17.7 Å². The Morgan fingerprint density at radius 3 is 2.65 bits per heavy atom. The van der Waals surface area contributed by atoms with Crippen molar-refractivity contribution in [2.24, 2.45) is 5.73 Å². The van der Waals surface area contributed by atoms with E-state index in [2.05, 4.69) is 63.3 Å². The predicted molar refractivity (Wildman–Crippen MR) is 140 cm³/mol. The van der Waals surface area contributed by atoms with Gasteiger partial charge in [0, 0.05) is 29.9 Å². The van der Waals surface area contributed by atoms with Gasteiger partial charge in [-0.2, -0.15) is 5.10 Å². The summed E-state index contributed by atoms with van der Waals surface area (Å²) >= 11 is 1.80. The van der Waals surface area contributed by atoms with E-state index in [-0.39, 0.29) is 11.8 Å². The van der Waals surface area contributed by atoms with E-state index in [0.717, 1.165) is 33.4 Å². The van der Waals surface area contributed by atoms with Crippen LogP contribution in [0.3, 0.4) is 0 Å². The van der Waals surface area contributed by atoms with Crippen LogP contribution in [0.4, 0.5) is 5.69 Å². The first-order valence-electron chi connectivity index (χ1n) is 11.3. The monoisotopic (exact) mass is 469 g/mol. The van der Waals surface area contributed by atoms with E-state index in [1.165, 1.54) is 5.56 Å². The predicted octanol–water partition coefficient (Wildman–Crippen LogP) is 5.45. The lowest BCUT2D eigenvalue weighted by molar-refractivity contribution is -0.117. The molecule has 1 aromatic heterocycles. The van der Waals surface area contributed by atoms with Crippen LogP contribution in [0.1, 0.15) is 28.8 Å². The molecule has 2 unspecified atom stereocenters. The Morgan fingerprint density at radius 1 is 1.15 bits per heavy atom. The van der Waals surface area contributed by atoms with Crippen molar-refractivity contribution < 1.29 is 4.79 Å². The van der Waals surface area contributed by atoms with E-state index in [0.29, 0.717) is 18.3 Å². The number of rotatable bonds is 7. The van der Waals surface area contributed by atoms with Crippen LogP contribution in [0.25, 0.3) is 22.2 Å². The lowest BCUT2D eigenvalue weighted by Gasteiger charge is -2.20. The Labute approximate surface area is 203 Å². The molecule has 7 heteroatoms. The van der Waals surface area contributed by atoms with E-state index in [1.807, 2.05) is 48.5 Å². The number of anilines is 1. The number of nitrogens with two attached hydrogens (primary N) is 1. The first-order chi connectivity index (χ1) is 16.6. The normalized spacial score (nSPS) is 16.2. The van der Waals surface area contributed by atoms with Crippen LogP contribution >= 0.6 is 11.8 Å². The van der Waals surface area contributed by atoms with Crippen molar-refractivity contribution >= 4 is 34.3 Å². The smallest absolute Gasteiger partial charge is 0.231 e. The molecule has 1 aliphatic heterocycles. The Balaban J connectivity index is 1.39. The summed E-state index contributed by atoms with van der Waals surface area (Å²) in [7, 11) is 2.09. The molecule has 0 radical (unpaired) electrons. The van der Waals surface area contributed by atoms with E-state index >= 15 is 0 Å². The van der Waals surface area contributed by atoms with Crippen molar-refractivity contribution in [3.05, 3.63) is 95.5 Å². The molecule has 0 fully saturated rings. The maximum absolute atomic E-state index is 13.1. The standard InChI is InChI=1S/C27H27N5OS/c1-32-15-16-34-27(32)20-9-7-19(8-10-20)25-23-17-21(11-12-24(23)30-31-25)29-26(33)22(13-14-28)18-5-3-2-4-6-18/h2-12,15-17,22,27H,13-14,28H2,1H3,(H,29,33)(H,30,31). The van der Waals surface area contributed by atoms with Crippen LogP contribution in [-0.2, 0) is 4.79 Å². The number of thioether (sulfide) groups is 1. The van der Waals surface area contributed by atoms with Gasteiger partial charge in [0.25, 0.3) is 0 Å². The highest BCUT2D eigenvalue weighted by molar-refractivity contribution is 8.02. The highest BCUT2D eigenvalue weighted by Crippen LogP contribution is 2.38. The van der Waals surface area contributed by atoms with Gasteiger partial charge < -0.3 is 16.0 Å². The number of amides is 1. The zero-order chi connectivity index (χ0) is 23.5. The first-order valence-corrected chi connectivity index (χ1v) is 12.3. The summed E-state index contributed by atoms with van der Waals surface area (Å²) in [6.07, 6.45) is 2.68. The molecule has 0 saturated carbocycles. The molecule has 5 rings (SSSR count). The third kappa shape index (κ3) is 4.44. The molecule has 3 aromatic carbocycles. The van der Waals surface area contributed by atoms with Gasteiger partial charge in [-0.15, -0.1) is 11.8 Å². The number of H-pyrrole nitrogens is 1. The maximum atomic E-state index is 13.1. The molecule has 1 amide bonds. The lowest BCUT2D eigenvalue weighted by Crippen LogP contribution is -2.23. The molecule has 0 saturated heterocycles. The minimum atomic E-state index is -0.292. The number of carbonyl (C=O) groups is 1. The average Bonchev–Trinajstić information content (AvgIpc) is 3.49. The largest absolute Gasteiger partial charge is 0.364 e. The molecule has 0 aliphatic carbocycles. The van der Waals surface area contributed by atoms with Crippen molar-refractivity contribution in [3.63, 3.8) is 0 Å². The molecule has 4 N–H and O–H groups in total. The van der Waals surface area contributed by atoms with Crippen molar-refractivity contribution in [3.8, 4) is 11.3 Å². The van der Waals surface area contributed by atoms with E-state index in [1.54, 1.807) is 11.8 Å². The molecule has 172 valence electrons. The number of hydrogen-bond donors (Lipinski definition) is 3. The van der Waals surface area contributed by atoms with Gasteiger partial charge >= 0.3 is 0 Å². The Hall–Kier alpha value is -3.55. The van der Waals surface area contributed by atoms with Crippen molar-refractivity contribution in [1.29, 1.82) is 0 Å². The van der Waals surface area contributed by atoms with Crippen molar-refractivity contribution in [1.82, 2.24) is 15.1 Å². The Morgan fingerprint density at radius 2 is 1.94 bits per heavy atom.